The molecule has 0 fully saturated rings. The van der Waals surface area contributed by atoms with Crippen LogP contribution in [0.25, 0.3) is 0 Å². The van der Waals surface area contributed by atoms with E-state index in [0.29, 0.717) is 0 Å². The van der Waals surface area contributed by atoms with Crippen molar-refractivity contribution in [3.05, 3.63) is 41.7 Å². The summed E-state index contributed by atoms with van der Waals surface area (Å²) < 4.78 is 1.88. The third-order valence-electron chi connectivity index (χ3n) is 2.75. The lowest BCUT2D eigenvalue weighted by Crippen LogP contribution is -2.20. The largest absolute Gasteiger partial charge is 0.295 e. The topological polar surface area (TPSA) is 46.8 Å². The first-order valence-corrected chi connectivity index (χ1v) is 6.27. The normalized spacial score (nSPS) is 11.1. The Kier molecular flexibility index (Phi) is 4.41. The zero-order chi connectivity index (χ0) is 12.8. The minimum atomic E-state index is 0.766. The Hall–Kier alpha value is -1.75. The molecule has 0 bridgehead atoms. The van der Waals surface area contributed by atoms with E-state index >= 15 is 0 Å². The lowest BCUT2D eigenvalue weighted by atomic mass is 10.2. The Morgan fingerprint density at radius 3 is 2.67 bits per heavy atom. The predicted octanol–water partition coefficient (Wildman–Crippen LogP) is 1.72. The molecule has 0 aliphatic carbocycles. The second-order valence-corrected chi connectivity index (χ2v) is 4.48. The van der Waals surface area contributed by atoms with E-state index in [-0.39, 0.29) is 0 Å². The molecule has 0 unspecified atom stereocenters. The van der Waals surface area contributed by atoms with Crippen molar-refractivity contribution in [3.63, 3.8) is 0 Å². The number of hydrogen-bond donors (Lipinski definition) is 0. The minimum Gasteiger partial charge on any atom is -0.295 e. The van der Waals surface area contributed by atoms with E-state index in [1.165, 1.54) is 5.56 Å². The van der Waals surface area contributed by atoms with Gasteiger partial charge < -0.3 is 0 Å². The molecule has 0 aliphatic heterocycles. The van der Waals surface area contributed by atoms with Crippen LogP contribution in [0.5, 0.6) is 0 Å². The van der Waals surface area contributed by atoms with Gasteiger partial charge >= 0.3 is 0 Å². The average Bonchev–Trinajstić information content (AvgIpc) is 2.78. The van der Waals surface area contributed by atoms with Gasteiger partial charge in [0.2, 0.25) is 0 Å². The van der Waals surface area contributed by atoms with Gasteiger partial charge in [-0.05, 0) is 29.5 Å². The molecule has 0 aliphatic rings. The van der Waals surface area contributed by atoms with E-state index in [1.54, 1.807) is 0 Å². The fourth-order valence-electron chi connectivity index (χ4n) is 1.91. The third-order valence-corrected chi connectivity index (χ3v) is 2.75. The summed E-state index contributed by atoms with van der Waals surface area (Å²) >= 11 is 0. The predicted molar refractivity (Wildman–Crippen MR) is 69.7 cm³/mol. The molecule has 2 aromatic rings. The highest BCUT2D eigenvalue weighted by atomic mass is 15.5. The molecule has 1 aromatic carbocycles. The van der Waals surface area contributed by atoms with Crippen LogP contribution in [-0.4, -0.2) is 32.2 Å². The number of aromatic nitrogens is 4. The minimum absolute atomic E-state index is 0.766. The van der Waals surface area contributed by atoms with Crippen molar-refractivity contribution in [1.82, 2.24) is 25.1 Å². The molecular weight excluding hydrogens is 226 g/mol. The lowest BCUT2D eigenvalue weighted by molar-refractivity contribution is 0.302. The summed E-state index contributed by atoms with van der Waals surface area (Å²) in [6, 6.07) is 10.4. The van der Waals surface area contributed by atoms with Crippen LogP contribution in [0, 0.1) is 0 Å². The van der Waals surface area contributed by atoms with Gasteiger partial charge in [-0.25, -0.2) is 4.68 Å². The maximum Gasteiger partial charge on any atom is 0.165 e. The van der Waals surface area contributed by atoms with Crippen LogP contribution in [0.4, 0.5) is 0 Å². The number of rotatable bonds is 6. The van der Waals surface area contributed by atoms with Crippen LogP contribution in [-0.2, 0) is 19.6 Å². The molecule has 96 valence electrons. The van der Waals surface area contributed by atoms with E-state index < -0.39 is 0 Å². The van der Waals surface area contributed by atoms with Gasteiger partial charge in [0.25, 0.3) is 0 Å². The molecule has 0 atom stereocenters. The lowest BCUT2D eigenvalue weighted by Gasteiger charge is -2.15. The van der Waals surface area contributed by atoms with Crippen molar-refractivity contribution in [2.24, 2.45) is 0 Å². The van der Waals surface area contributed by atoms with E-state index in [0.717, 1.165) is 31.9 Å². The van der Waals surface area contributed by atoms with E-state index in [1.807, 2.05) is 10.7 Å². The first-order valence-electron chi connectivity index (χ1n) is 6.27. The van der Waals surface area contributed by atoms with Crippen molar-refractivity contribution in [2.45, 2.75) is 33.0 Å². The highest BCUT2D eigenvalue weighted by molar-refractivity contribution is 5.14. The summed E-state index contributed by atoms with van der Waals surface area (Å²) in [5.74, 6) is 0.926. The molecule has 0 radical (unpaired) electrons. The van der Waals surface area contributed by atoms with Crippen LogP contribution >= 0.6 is 0 Å². The molecule has 5 nitrogen and oxygen atoms in total. The summed E-state index contributed by atoms with van der Waals surface area (Å²) in [6.45, 7) is 4.67. The molecule has 5 heteroatoms. The maximum absolute atomic E-state index is 4.08. The fraction of sp³-hybridized carbons (Fsp3) is 0.462. The first-order chi connectivity index (χ1) is 8.79. The number of hydrogen-bond acceptors (Lipinski definition) is 4. The summed E-state index contributed by atoms with van der Waals surface area (Å²) in [6.07, 6.45) is 1.04. The Morgan fingerprint density at radius 2 is 1.94 bits per heavy atom. The van der Waals surface area contributed by atoms with Crippen LogP contribution in [0.3, 0.4) is 0 Å². The number of tetrazole rings is 1. The second-order valence-electron chi connectivity index (χ2n) is 4.48. The highest BCUT2D eigenvalue weighted by Gasteiger charge is 2.08. The highest BCUT2D eigenvalue weighted by Crippen LogP contribution is 2.06. The van der Waals surface area contributed by atoms with Gasteiger partial charge in [-0.15, -0.1) is 5.10 Å². The van der Waals surface area contributed by atoms with Crippen LogP contribution in [0.15, 0.2) is 30.3 Å². The summed E-state index contributed by atoms with van der Waals surface area (Å²) in [7, 11) is 2.08. The molecular formula is C13H19N5. The molecule has 0 amide bonds. The number of nitrogens with zero attached hydrogens (tertiary/aromatic N) is 5. The Labute approximate surface area is 107 Å². The van der Waals surface area contributed by atoms with Crippen molar-refractivity contribution in [1.29, 1.82) is 0 Å². The van der Waals surface area contributed by atoms with E-state index in [9.17, 15) is 0 Å². The SMILES string of the molecule is CCCn1nnnc1CN(C)Cc1ccccc1. The van der Waals surface area contributed by atoms with E-state index in [2.05, 4.69) is 58.7 Å². The van der Waals surface area contributed by atoms with Crippen LogP contribution in [0.1, 0.15) is 24.7 Å². The molecule has 0 spiro atoms. The van der Waals surface area contributed by atoms with Crippen molar-refractivity contribution >= 4 is 0 Å². The molecule has 1 aromatic heterocycles. The van der Waals surface area contributed by atoms with Crippen molar-refractivity contribution in [2.75, 3.05) is 7.05 Å². The van der Waals surface area contributed by atoms with Gasteiger partial charge in [-0.1, -0.05) is 37.3 Å². The van der Waals surface area contributed by atoms with Gasteiger partial charge in [-0.3, -0.25) is 4.90 Å². The average molecular weight is 245 g/mol. The van der Waals surface area contributed by atoms with Crippen molar-refractivity contribution < 1.29 is 0 Å². The van der Waals surface area contributed by atoms with Gasteiger partial charge in [0, 0.05) is 13.1 Å². The summed E-state index contributed by atoms with van der Waals surface area (Å²) in [5, 5.41) is 11.8. The monoisotopic (exact) mass is 245 g/mol. The van der Waals surface area contributed by atoms with Gasteiger partial charge in [0.15, 0.2) is 5.82 Å². The molecule has 0 saturated heterocycles. The standard InChI is InChI=1S/C13H19N5/c1-3-9-18-13(14-15-16-18)11-17(2)10-12-7-5-4-6-8-12/h4-8H,3,9-11H2,1-2H3. The smallest absolute Gasteiger partial charge is 0.165 e. The number of benzene rings is 1. The van der Waals surface area contributed by atoms with Crippen LogP contribution < -0.4 is 0 Å². The Bertz CT molecular complexity index is 465. The molecule has 2 rings (SSSR count). The Balaban J connectivity index is 1.94. The summed E-state index contributed by atoms with van der Waals surface area (Å²) in [4.78, 5) is 2.22. The van der Waals surface area contributed by atoms with Gasteiger partial charge in [0.05, 0.1) is 6.54 Å². The molecule has 18 heavy (non-hydrogen) atoms. The van der Waals surface area contributed by atoms with Crippen molar-refractivity contribution in [3.8, 4) is 0 Å². The number of aryl methyl sites for hydroxylation is 1. The maximum atomic E-state index is 4.08. The summed E-state index contributed by atoms with van der Waals surface area (Å²) in [5.41, 5.74) is 1.30. The Morgan fingerprint density at radius 1 is 1.17 bits per heavy atom. The zero-order valence-corrected chi connectivity index (χ0v) is 11.0. The molecule has 1 heterocycles. The molecule has 0 N–H and O–H groups in total. The quantitative estimate of drug-likeness (QED) is 0.777. The fourth-order valence-corrected chi connectivity index (χ4v) is 1.91. The molecule has 0 saturated carbocycles. The van der Waals surface area contributed by atoms with Gasteiger partial charge in [-0.2, -0.15) is 0 Å². The van der Waals surface area contributed by atoms with Crippen LogP contribution in [0.2, 0.25) is 0 Å². The second kappa shape index (κ2) is 6.26. The zero-order valence-electron chi connectivity index (χ0n) is 11.0. The third kappa shape index (κ3) is 3.37. The first kappa shape index (κ1) is 12.7. The van der Waals surface area contributed by atoms with E-state index in [4.69, 9.17) is 0 Å². The van der Waals surface area contributed by atoms with Gasteiger partial charge in [0.1, 0.15) is 0 Å².